The van der Waals surface area contributed by atoms with Crippen molar-refractivity contribution < 1.29 is 4.79 Å². The van der Waals surface area contributed by atoms with E-state index in [1.165, 1.54) is 5.56 Å². The zero-order valence-corrected chi connectivity index (χ0v) is 15.6. The Kier molecular flexibility index (Phi) is 3.46. The van der Waals surface area contributed by atoms with Gasteiger partial charge in [-0.2, -0.15) is 10.4 Å². The quantitative estimate of drug-likeness (QED) is 0.794. The summed E-state index contributed by atoms with van der Waals surface area (Å²) < 4.78 is 1.92. The van der Waals surface area contributed by atoms with Crippen molar-refractivity contribution in [2.24, 2.45) is 18.4 Å². The summed E-state index contributed by atoms with van der Waals surface area (Å²) in [5, 5.41) is 14.4. The Bertz CT molecular complexity index is 977. The van der Waals surface area contributed by atoms with Crippen LogP contribution in [-0.2, 0) is 23.7 Å². The topological polar surface area (TPSA) is 71.6 Å². The number of nitriles is 1. The van der Waals surface area contributed by atoms with Crippen LogP contribution in [0.3, 0.4) is 0 Å². The summed E-state index contributed by atoms with van der Waals surface area (Å²) in [6.07, 6.45) is 7.26. The molecule has 4 rings (SSSR count). The van der Waals surface area contributed by atoms with Crippen LogP contribution >= 0.6 is 0 Å². The predicted octanol–water partition coefficient (Wildman–Crippen LogP) is 3.36. The number of hydrogen-bond donors (Lipinski definition) is 0. The zero-order chi connectivity index (χ0) is 18.7. The molecule has 2 aliphatic rings. The summed E-state index contributed by atoms with van der Waals surface area (Å²) >= 11 is 0. The smallest absolute Gasteiger partial charge is 0.178 e. The number of Topliss-reactive ketones (excluding diaryl/α,β-unsaturated/α-hetero) is 1. The molecule has 0 fully saturated rings. The number of aromatic nitrogens is 3. The number of carbonyl (C=O) groups excluding carboxylic acids is 1. The van der Waals surface area contributed by atoms with Crippen molar-refractivity contribution in [2.75, 3.05) is 0 Å². The van der Waals surface area contributed by atoms with Crippen molar-refractivity contribution in [3.63, 3.8) is 0 Å². The second kappa shape index (κ2) is 5.38. The van der Waals surface area contributed by atoms with Gasteiger partial charge in [-0.3, -0.25) is 14.5 Å². The Hall–Kier alpha value is -2.74. The maximum absolute atomic E-state index is 12.8. The molecule has 132 valence electrons. The number of aryl methyl sites for hydroxylation is 1. The molecule has 1 unspecified atom stereocenters. The second-order valence-electron chi connectivity index (χ2n) is 8.14. The average molecular weight is 346 g/mol. The highest BCUT2D eigenvalue weighted by atomic mass is 16.1. The lowest BCUT2D eigenvalue weighted by atomic mass is 9.52. The summed E-state index contributed by atoms with van der Waals surface area (Å²) in [5.74, 6) is 0.0816. The molecule has 0 saturated carbocycles. The molecule has 0 saturated heterocycles. The predicted molar refractivity (Wildman–Crippen MR) is 98.1 cm³/mol. The third-order valence-corrected chi connectivity index (χ3v) is 6.26. The highest BCUT2D eigenvalue weighted by molar-refractivity contribution is 6.04. The van der Waals surface area contributed by atoms with Gasteiger partial charge in [-0.15, -0.1) is 0 Å². The lowest BCUT2D eigenvalue weighted by Gasteiger charge is -2.49. The Balaban J connectivity index is 1.97. The van der Waals surface area contributed by atoms with Crippen molar-refractivity contribution in [2.45, 2.75) is 39.0 Å². The highest BCUT2D eigenvalue weighted by Crippen LogP contribution is 2.55. The third kappa shape index (κ3) is 2.05. The van der Waals surface area contributed by atoms with Crippen LogP contribution in [0.25, 0.3) is 11.3 Å². The molecule has 0 amide bonds. The normalized spacial score (nSPS) is 26.5. The number of hydrogen-bond acceptors (Lipinski definition) is 4. The molecule has 2 aromatic rings. The van der Waals surface area contributed by atoms with Gasteiger partial charge in [0.1, 0.15) is 6.07 Å². The van der Waals surface area contributed by atoms with E-state index in [0.717, 1.165) is 29.8 Å². The monoisotopic (exact) mass is 346 g/mol. The number of pyridine rings is 1. The fourth-order valence-corrected chi connectivity index (χ4v) is 5.09. The van der Waals surface area contributed by atoms with Crippen LogP contribution in [0, 0.1) is 22.7 Å². The van der Waals surface area contributed by atoms with E-state index < -0.39 is 10.8 Å². The van der Waals surface area contributed by atoms with Gasteiger partial charge in [0.15, 0.2) is 5.78 Å². The molecule has 2 heterocycles. The number of ketones is 1. The summed E-state index contributed by atoms with van der Waals surface area (Å²) in [7, 11) is 1.95. The summed E-state index contributed by atoms with van der Waals surface area (Å²) in [6.45, 7) is 6.07. The lowest BCUT2D eigenvalue weighted by Crippen LogP contribution is -2.51. The Morgan fingerprint density at radius 2 is 2.12 bits per heavy atom. The van der Waals surface area contributed by atoms with Gasteiger partial charge in [0.2, 0.25) is 0 Å². The molecule has 0 aliphatic heterocycles. The largest absolute Gasteiger partial charge is 0.293 e. The molecule has 5 nitrogen and oxygen atoms in total. The molecule has 5 heteroatoms. The van der Waals surface area contributed by atoms with E-state index in [0.29, 0.717) is 0 Å². The average Bonchev–Trinajstić information content (AvgIpc) is 2.96. The summed E-state index contributed by atoms with van der Waals surface area (Å²) in [6, 6.07) is 6.09. The van der Waals surface area contributed by atoms with E-state index in [4.69, 9.17) is 5.10 Å². The van der Waals surface area contributed by atoms with Crippen molar-refractivity contribution in [3.05, 3.63) is 47.4 Å². The van der Waals surface area contributed by atoms with Crippen LogP contribution in [0.1, 0.15) is 38.4 Å². The number of rotatable bonds is 1. The minimum atomic E-state index is -0.571. The van der Waals surface area contributed by atoms with Crippen LogP contribution in [0.2, 0.25) is 0 Å². The van der Waals surface area contributed by atoms with E-state index in [-0.39, 0.29) is 17.3 Å². The summed E-state index contributed by atoms with van der Waals surface area (Å²) in [5.41, 5.74) is 3.58. The van der Waals surface area contributed by atoms with Gasteiger partial charge in [0.25, 0.3) is 0 Å². The van der Waals surface area contributed by atoms with Crippen LogP contribution in [0.4, 0.5) is 0 Å². The van der Waals surface area contributed by atoms with E-state index >= 15 is 0 Å². The molecule has 2 aromatic heterocycles. The first-order valence-corrected chi connectivity index (χ1v) is 8.95. The molecular formula is C21H22N4O. The van der Waals surface area contributed by atoms with Crippen LogP contribution in [0.15, 0.2) is 36.2 Å². The number of allylic oxidation sites excluding steroid dienone is 2. The second-order valence-corrected chi connectivity index (χ2v) is 8.14. The Morgan fingerprint density at radius 3 is 2.77 bits per heavy atom. The van der Waals surface area contributed by atoms with Crippen molar-refractivity contribution in [1.29, 1.82) is 5.26 Å². The molecule has 0 radical (unpaired) electrons. The maximum Gasteiger partial charge on any atom is 0.178 e. The van der Waals surface area contributed by atoms with Crippen molar-refractivity contribution in [3.8, 4) is 17.3 Å². The highest BCUT2D eigenvalue weighted by Gasteiger charge is 2.55. The molecule has 0 spiro atoms. The number of fused-ring (bicyclic) bond motifs is 3. The minimum Gasteiger partial charge on any atom is -0.293 e. The molecule has 2 atom stereocenters. The Morgan fingerprint density at radius 1 is 1.35 bits per heavy atom. The van der Waals surface area contributed by atoms with Crippen molar-refractivity contribution in [1.82, 2.24) is 14.8 Å². The van der Waals surface area contributed by atoms with E-state index in [9.17, 15) is 10.1 Å². The molecule has 0 N–H and O–H groups in total. The van der Waals surface area contributed by atoms with Crippen molar-refractivity contribution >= 4 is 5.78 Å². The molecule has 0 bridgehead atoms. The van der Waals surface area contributed by atoms with Gasteiger partial charge >= 0.3 is 0 Å². The first-order chi connectivity index (χ1) is 12.3. The lowest BCUT2D eigenvalue weighted by molar-refractivity contribution is -0.128. The van der Waals surface area contributed by atoms with E-state index in [1.54, 1.807) is 6.20 Å². The van der Waals surface area contributed by atoms with Gasteiger partial charge in [-0.1, -0.05) is 26.8 Å². The fourth-order valence-electron chi connectivity index (χ4n) is 5.09. The van der Waals surface area contributed by atoms with Crippen LogP contribution < -0.4 is 0 Å². The van der Waals surface area contributed by atoms with E-state index in [2.05, 4.69) is 18.0 Å². The molecule has 26 heavy (non-hydrogen) atoms. The number of carbonyl (C=O) groups is 1. The van der Waals surface area contributed by atoms with Gasteiger partial charge in [-0.05, 0) is 30.9 Å². The maximum atomic E-state index is 12.8. The van der Waals surface area contributed by atoms with Gasteiger partial charge in [-0.25, -0.2) is 0 Å². The molecule has 2 aliphatic carbocycles. The van der Waals surface area contributed by atoms with Gasteiger partial charge in [0, 0.05) is 41.4 Å². The first-order valence-electron chi connectivity index (χ1n) is 8.95. The third-order valence-electron chi connectivity index (χ3n) is 6.26. The fraction of sp³-hybridized carbons (Fsp3) is 0.429. The van der Waals surface area contributed by atoms with Crippen LogP contribution in [0.5, 0.6) is 0 Å². The van der Waals surface area contributed by atoms with Gasteiger partial charge in [0.05, 0.1) is 17.0 Å². The zero-order valence-electron chi connectivity index (χ0n) is 15.6. The SMILES string of the molecule is Cn1nc2c(c1-c1cccnc1)CCC1C(C)(C)C(=O)C(C#N)=C[C@]21C. The summed E-state index contributed by atoms with van der Waals surface area (Å²) in [4.78, 5) is 17.0. The number of nitrogens with zero attached hydrogens (tertiary/aromatic N) is 4. The minimum absolute atomic E-state index is 0.0469. The van der Waals surface area contributed by atoms with Crippen LogP contribution in [-0.4, -0.2) is 20.5 Å². The standard InChI is InChI=1S/C21H22N4O/c1-20(2)16-8-7-15-17(13-6-5-9-23-12-13)25(4)24-18(15)21(16,3)10-14(11-22)19(20)26/h5-6,9-10,12,16H,7-8H2,1-4H3/t16?,21-/m0/s1. The Labute approximate surface area is 153 Å². The molecule has 0 aromatic carbocycles. The first kappa shape index (κ1) is 16.7. The molecular weight excluding hydrogens is 324 g/mol. The van der Waals surface area contributed by atoms with Gasteiger partial charge < -0.3 is 0 Å². The van der Waals surface area contributed by atoms with E-state index in [1.807, 2.05) is 50.0 Å².